The second kappa shape index (κ2) is 7.09. The maximum Gasteiger partial charge on any atom is 0.338 e. The van der Waals surface area contributed by atoms with Crippen molar-refractivity contribution >= 4 is 27.4 Å². The van der Waals surface area contributed by atoms with Gasteiger partial charge in [-0.05, 0) is 31.2 Å². The number of hydrogen-bond donors (Lipinski definition) is 1. The van der Waals surface area contributed by atoms with E-state index in [2.05, 4.69) is 4.72 Å². The molecule has 2 aromatic rings. The number of carbonyl (C=O) groups is 1. The van der Waals surface area contributed by atoms with Gasteiger partial charge in [-0.3, -0.25) is 14.8 Å². The average Bonchev–Trinajstić information content (AvgIpc) is 2.55. The molecular formula is C15H14N2O6S. The van der Waals surface area contributed by atoms with Crippen LogP contribution < -0.4 is 4.72 Å². The SMILES string of the molecule is CCOC(=O)c1cccc(NS(=O)(=O)c2cccc([N+](=O)[O-])c2)c1. The molecule has 0 unspecified atom stereocenters. The second-order valence-electron chi connectivity index (χ2n) is 4.66. The summed E-state index contributed by atoms with van der Waals surface area (Å²) in [6, 6.07) is 10.4. The molecule has 0 heterocycles. The van der Waals surface area contributed by atoms with Gasteiger partial charge in [-0.25, -0.2) is 13.2 Å². The van der Waals surface area contributed by atoms with Crippen LogP contribution in [0.25, 0.3) is 0 Å². The molecule has 0 aliphatic rings. The molecule has 8 nitrogen and oxygen atoms in total. The predicted octanol–water partition coefficient (Wildman–Crippen LogP) is 2.57. The number of nitrogens with one attached hydrogen (secondary N) is 1. The Morgan fingerprint density at radius 2 is 1.92 bits per heavy atom. The fourth-order valence-electron chi connectivity index (χ4n) is 1.90. The van der Waals surface area contributed by atoms with E-state index in [1.807, 2.05) is 0 Å². The van der Waals surface area contributed by atoms with Crippen LogP contribution in [-0.4, -0.2) is 25.9 Å². The number of rotatable bonds is 6. The van der Waals surface area contributed by atoms with Crippen LogP contribution in [0.1, 0.15) is 17.3 Å². The summed E-state index contributed by atoms with van der Waals surface area (Å²) < 4.78 is 31.8. The molecule has 0 spiro atoms. The van der Waals surface area contributed by atoms with E-state index < -0.39 is 20.9 Å². The third-order valence-electron chi connectivity index (χ3n) is 2.96. The van der Waals surface area contributed by atoms with Crippen LogP contribution in [0.5, 0.6) is 0 Å². The Morgan fingerprint density at radius 3 is 2.58 bits per heavy atom. The van der Waals surface area contributed by atoms with Crippen molar-refractivity contribution in [3.05, 3.63) is 64.2 Å². The predicted molar refractivity (Wildman–Crippen MR) is 86.3 cm³/mol. The minimum absolute atomic E-state index is 0.145. The lowest BCUT2D eigenvalue weighted by Crippen LogP contribution is -2.14. The molecule has 2 rings (SSSR count). The molecule has 0 aliphatic carbocycles. The fourth-order valence-corrected chi connectivity index (χ4v) is 2.99. The molecule has 0 amide bonds. The van der Waals surface area contributed by atoms with Gasteiger partial charge in [0.1, 0.15) is 0 Å². The smallest absolute Gasteiger partial charge is 0.338 e. The number of nitrogens with zero attached hydrogens (tertiary/aromatic N) is 1. The number of nitro groups is 1. The van der Waals surface area contributed by atoms with Crippen molar-refractivity contribution in [3.63, 3.8) is 0 Å². The summed E-state index contributed by atoms with van der Waals surface area (Å²) in [5.74, 6) is -0.575. The molecule has 0 aromatic heterocycles. The van der Waals surface area contributed by atoms with Gasteiger partial charge in [-0.15, -0.1) is 0 Å². The molecule has 2 aromatic carbocycles. The molecule has 0 fully saturated rings. The summed E-state index contributed by atoms with van der Waals surface area (Å²) in [6.45, 7) is 1.86. The molecule has 0 saturated carbocycles. The van der Waals surface area contributed by atoms with Gasteiger partial charge >= 0.3 is 5.97 Å². The first-order valence-electron chi connectivity index (χ1n) is 6.88. The minimum Gasteiger partial charge on any atom is -0.462 e. The van der Waals surface area contributed by atoms with Crippen LogP contribution in [0, 0.1) is 10.1 Å². The van der Waals surface area contributed by atoms with Gasteiger partial charge in [0, 0.05) is 17.8 Å². The summed E-state index contributed by atoms with van der Waals surface area (Å²) in [6.07, 6.45) is 0. The molecule has 0 radical (unpaired) electrons. The van der Waals surface area contributed by atoms with Crippen molar-refractivity contribution in [2.24, 2.45) is 0 Å². The van der Waals surface area contributed by atoms with Crippen LogP contribution in [0.3, 0.4) is 0 Å². The Labute approximate surface area is 138 Å². The van der Waals surface area contributed by atoms with Gasteiger partial charge in [0.2, 0.25) is 0 Å². The number of ether oxygens (including phenoxy) is 1. The first-order chi connectivity index (χ1) is 11.3. The minimum atomic E-state index is -4.03. The summed E-state index contributed by atoms with van der Waals surface area (Å²) in [5.41, 5.74) is 0.00120. The van der Waals surface area contributed by atoms with Gasteiger partial charge in [0.15, 0.2) is 0 Å². The van der Waals surface area contributed by atoms with Crippen molar-refractivity contribution in [2.45, 2.75) is 11.8 Å². The summed E-state index contributed by atoms with van der Waals surface area (Å²) >= 11 is 0. The summed E-state index contributed by atoms with van der Waals surface area (Å²) in [7, 11) is -4.03. The molecule has 9 heteroatoms. The number of nitro benzene ring substituents is 1. The average molecular weight is 350 g/mol. The zero-order chi connectivity index (χ0) is 17.7. The van der Waals surface area contributed by atoms with Gasteiger partial charge < -0.3 is 4.74 Å². The van der Waals surface area contributed by atoms with Crippen LogP contribution in [0.2, 0.25) is 0 Å². The van der Waals surface area contributed by atoms with Crippen LogP contribution >= 0.6 is 0 Å². The zero-order valence-electron chi connectivity index (χ0n) is 12.6. The molecule has 1 N–H and O–H groups in total. The van der Waals surface area contributed by atoms with Crippen molar-refractivity contribution in [1.82, 2.24) is 0 Å². The van der Waals surface area contributed by atoms with E-state index in [-0.39, 0.29) is 28.4 Å². The van der Waals surface area contributed by atoms with Crippen LogP contribution in [0.15, 0.2) is 53.4 Å². The van der Waals surface area contributed by atoms with Gasteiger partial charge in [0.25, 0.3) is 15.7 Å². The van der Waals surface area contributed by atoms with Gasteiger partial charge in [0.05, 0.1) is 22.0 Å². The Hall–Kier alpha value is -2.94. The zero-order valence-corrected chi connectivity index (χ0v) is 13.4. The van der Waals surface area contributed by atoms with Crippen molar-refractivity contribution in [1.29, 1.82) is 0 Å². The van der Waals surface area contributed by atoms with Crippen molar-refractivity contribution < 1.29 is 22.9 Å². The molecule has 0 saturated heterocycles. The van der Waals surface area contributed by atoms with E-state index >= 15 is 0 Å². The molecule has 0 atom stereocenters. The molecule has 24 heavy (non-hydrogen) atoms. The maximum absolute atomic E-state index is 12.3. The monoisotopic (exact) mass is 350 g/mol. The van der Waals surface area contributed by atoms with E-state index in [1.54, 1.807) is 6.92 Å². The van der Waals surface area contributed by atoms with E-state index in [4.69, 9.17) is 4.74 Å². The Morgan fingerprint density at radius 1 is 1.21 bits per heavy atom. The Kier molecular flexibility index (Phi) is 5.14. The highest BCUT2D eigenvalue weighted by Crippen LogP contribution is 2.21. The lowest BCUT2D eigenvalue weighted by atomic mass is 10.2. The lowest BCUT2D eigenvalue weighted by molar-refractivity contribution is -0.385. The van der Waals surface area contributed by atoms with Gasteiger partial charge in [-0.2, -0.15) is 0 Å². The number of benzene rings is 2. The third kappa shape index (κ3) is 4.07. The van der Waals surface area contributed by atoms with E-state index in [0.717, 1.165) is 6.07 Å². The molecule has 126 valence electrons. The van der Waals surface area contributed by atoms with Crippen molar-refractivity contribution in [2.75, 3.05) is 11.3 Å². The van der Waals surface area contributed by atoms with E-state index in [9.17, 15) is 23.3 Å². The summed E-state index contributed by atoms with van der Waals surface area (Å²) in [4.78, 5) is 21.5. The largest absolute Gasteiger partial charge is 0.462 e. The molecule has 0 bridgehead atoms. The van der Waals surface area contributed by atoms with Crippen molar-refractivity contribution in [3.8, 4) is 0 Å². The first kappa shape index (κ1) is 17.4. The number of sulfonamides is 1. The highest BCUT2D eigenvalue weighted by molar-refractivity contribution is 7.92. The first-order valence-corrected chi connectivity index (χ1v) is 8.36. The highest BCUT2D eigenvalue weighted by Gasteiger charge is 2.18. The fraction of sp³-hybridized carbons (Fsp3) is 0.133. The molecule has 0 aliphatic heterocycles. The Bertz CT molecular complexity index is 879. The number of anilines is 1. The summed E-state index contributed by atoms with van der Waals surface area (Å²) in [5, 5.41) is 10.8. The van der Waals surface area contributed by atoms with Crippen LogP contribution in [-0.2, 0) is 14.8 Å². The third-order valence-corrected chi connectivity index (χ3v) is 4.34. The number of non-ortho nitro benzene ring substituents is 1. The number of esters is 1. The van der Waals surface area contributed by atoms with Gasteiger partial charge in [-0.1, -0.05) is 12.1 Å². The topological polar surface area (TPSA) is 116 Å². The standard InChI is InChI=1S/C15H14N2O6S/c1-2-23-15(18)11-5-3-6-12(9-11)16-24(21,22)14-8-4-7-13(10-14)17(19)20/h3-10,16H,2H2,1H3. The quantitative estimate of drug-likeness (QED) is 0.486. The van der Waals surface area contributed by atoms with E-state index in [1.165, 1.54) is 42.5 Å². The lowest BCUT2D eigenvalue weighted by Gasteiger charge is -2.09. The normalized spacial score (nSPS) is 10.9. The number of hydrogen-bond acceptors (Lipinski definition) is 6. The number of carbonyl (C=O) groups excluding carboxylic acids is 1. The second-order valence-corrected chi connectivity index (χ2v) is 6.34. The maximum atomic E-state index is 12.3. The highest BCUT2D eigenvalue weighted by atomic mass is 32.2. The van der Waals surface area contributed by atoms with E-state index in [0.29, 0.717) is 0 Å². The molecular weight excluding hydrogens is 336 g/mol. The van der Waals surface area contributed by atoms with Crippen LogP contribution in [0.4, 0.5) is 11.4 Å². The Balaban J connectivity index is 2.29.